The van der Waals surface area contributed by atoms with Crippen LogP contribution in [0.1, 0.15) is 51.6 Å². The third-order valence-corrected chi connectivity index (χ3v) is 6.62. The second kappa shape index (κ2) is 6.84. The van der Waals surface area contributed by atoms with Crippen LogP contribution in [0.2, 0.25) is 0 Å². The fourth-order valence-electron chi connectivity index (χ4n) is 5.14. The van der Waals surface area contributed by atoms with Crippen LogP contribution in [0.5, 0.6) is 0 Å². The smallest absolute Gasteiger partial charge is 0.407 e. The Kier molecular flexibility index (Phi) is 4.24. The summed E-state index contributed by atoms with van der Waals surface area (Å²) in [6.07, 6.45) is 3.36. The van der Waals surface area contributed by atoms with Gasteiger partial charge in [0.05, 0.1) is 12.6 Å². The van der Waals surface area contributed by atoms with Crippen molar-refractivity contribution in [1.29, 1.82) is 5.26 Å². The number of aryl methyl sites for hydroxylation is 1. The lowest BCUT2D eigenvalue weighted by molar-refractivity contribution is -0.0554. The zero-order valence-electron chi connectivity index (χ0n) is 16.7. The highest BCUT2D eigenvalue weighted by Crippen LogP contribution is 2.45. The molecule has 1 N–H and O–H groups in total. The number of alkyl carbamates (subject to hydrolysis) is 1. The number of hydrogen-bond donors (Lipinski definition) is 1. The number of rotatable bonds is 4. The van der Waals surface area contributed by atoms with Crippen LogP contribution < -0.4 is 5.32 Å². The Bertz CT molecular complexity index is 1080. The van der Waals surface area contributed by atoms with Gasteiger partial charge in [0.2, 0.25) is 0 Å². The zero-order chi connectivity index (χ0) is 20.9. The maximum Gasteiger partial charge on any atom is 0.407 e. The number of carbonyl (C=O) groups is 2. The summed E-state index contributed by atoms with van der Waals surface area (Å²) in [7, 11) is 0. The van der Waals surface area contributed by atoms with Crippen LogP contribution >= 0.6 is 0 Å². The van der Waals surface area contributed by atoms with Crippen LogP contribution in [-0.2, 0) is 11.2 Å². The lowest BCUT2D eigenvalue weighted by Gasteiger charge is -2.44. The first kappa shape index (κ1) is 18.6. The molecule has 152 valence electrons. The van der Waals surface area contributed by atoms with Crippen LogP contribution in [0.25, 0.3) is 0 Å². The van der Waals surface area contributed by atoms with Gasteiger partial charge in [0, 0.05) is 24.7 Å². The number of hydrogen-bond acceptors (Lipinski definition) is 5. The molecule has 5 rings (SSSR count). The number of pyridine rings is 1. The van der Waals surface area contributed by atoms with Gasteiger partial charge in [-0.05, 0) is 54.5 Å². The van der Waals surface area contributed by atoms with Gasteiger partial charge in [-0.1, -0.05) is 18.2 Å². The Balaban J connectivity index is 1.41. The van der Waals surface area contributed by atoms with Crippen molar-refractivity contribution >= 4 is 12.0 Å². The maximum absolute atomic E-state index is 13.2. The van der Waals surface area contributed by atoms with Crippen molar-refractivity contribution in [3.8, 4) is 6.07 Å². The number of carbonyl (C=O) groups excluding carboxylic acids is 2. The monoisotopic (exact) mass is 402 g/mol. The van der Waals surface area contributed by atoms with Crippen LogP contribution in [0.3, 0.4) is 0 Å². The molecule has 2 fully saturated rings. The van der Waals surface area contributed by atoms with Crippen LogP contribution in [0.4, 0.5) is 4.79 Å². The van der Waals surface area contributed by atoms with Crippen LogP contribution in [0.15, 0.2) is 36.5 Å². The second-order valence-electron chi connectivity index (χ2n) is 8.53. The van der Waals surface area contributed by atoms with Gasteiger partial charge >= 0.3 is 6.09 Å². The summed E-state index contributed by atoms with van der Waals surface area (Å²) in [4.78, 5) is 30.8. The molecule has 1 saturated carbocycles. The van der Waals surface area contributed by atoms with E-state index in [0.717, 1.165) is 35.1 Å². The quantitative estimate of drug-likeness (QED) is 0.848. The molecule has 2 aliphatic heterocycles. The van der Waals surface area contributed by atoms with Crippen molar-refractivity contribution in [2.45, 2.75) is 37.8 Å². The molecule has 0 radical (unpaired) electrons. The molecule has 1 aliphatic carbocycles. The first-order chi connectivity index (χ1) is 14.5. The molecule has 1 aromatic heterocycles. The zero-order valence-corrected chi connectivity index (χ0v) is 16.7. The summed E-state index contributed by atoms with van der Waals surface area (Å²) in [5.41, 5.74) is 3.63. The Morgan fingerprint density at radius 1 is 1.30 bits per heavy atom. The molecule has 1 atom stereocenters. The number of fused-ring (bicyclic) bond motifs is 1. The fourth-order valence-corrected chi connectivity index (χ4v) is 5.14. The SMILES string of the molecule is Cc1ccnc(C#N)c1C[C@@H]1c2ccccc2C(=O)N1CC1CC2(CNC(=O)O2)C1. The van der Waals surface area contributed by atoms with Crippen molar-refractivity contribution in [2.75, 3.05) is 13.1 Å². The number of nitrogens with zero attached hydrogens (tertiary/aromatic N) is 3. The van der Waals surface area contributed by atoms with Gasteiger partial charge in [0.1, 0.15) is 17.4 Å². The predicted molar refractivity (Wildman–Crippen MR) is 108 cm³/mol. The highest BCUT2D eigenvalue weighted by molar-refractivity contribution is 5.99. The van der Waals surface area contributed by atoms with Gasteiger partial charge in [0.15, 0.2) is 0 Å². The summed E-state index contributed by atoms with van der Waals surface area (Å²) in [5, 5.41) is 12.3. The van der Waals surface area contributed by atoms with E-state index in [-0.39, 0.29) is 24.0 Å². The number of amides is 2. The molecule has 1 saturated heterocycles. The van der Waals surface area contributed by atoms with Crippen molar-refractivity contribution in [1.82, 2.24) is 15.2 Å². The highest BCUT2D eigenvalue weighted by atomic mass is 16.6. The standard InChI is InChI=1S/C23H22N4O3/c1-14-6-7-25-19(11-24)18(14)8-20-16-4-2-3-5-17(16)21(28)27(20)12-15-9-23(10-15)13-26-22(29)30-23/h2-7,15,20H,8-10,12-13H2,1H3,(H,26,29)/t15?,20-,23?/m1/s1. The Hall–Kier alpha value is -3.40. The molecule has 3 aliphatic rings. The lowest BCUT2D eigenvalue weighted by atomic mass is 9.70. The average Bonchev–Trinajstić information content (AvgIpc) is 3.23. The molecule has 1 spiro atoms. The first-order valence-electron chi connectivity index (χ1n) is 10.2. The van der Waals surface area contributed by atoms with Gasteiger partial charge in [-0.3, -0.25) is 4.79 Å². The van der Waals surface area contributed by atoms with Gasteiger partial charge in [-0.2, -0.15) is 5.26 Å². The van der Waals surface area contributed by atoms with Crippen molar-refractivity contribution < 1.29 is 14.3 Å². The van der Waals surface area contributed by atoms with Gasteiger partial charge in [-0.15, -0.1) is 0 Å². The van der Waals surface area contributed by atoms with Gasteiger partial charge < -0.3 is 15.0 Å². The number of aromatic nitrogens is 1. The number of nitriles is 1. The third kappa shape index (κ3) is 2.91. The molecule has 3 heterocycles. The fraction of sp³-hybridized carbons (Fsp3) is 0.391. The molecule has 2 amide bonds. The van der Waals surface area contributed by atoms with Gasteiger partial charge in [-0.25, -0.2) is 9.78 Å². The Morgan fingerprint density at radius 2 is 2.10 bits per heavy atom. The maximum atomic E-state index is 13.2. The first-order valence-corrected chi connectivity index (χ1v) is 10.2. The summed E-state index contributed by atoms with van der Waals surface area (Å²) in [5.74, 6) is 0.307. The summed E-state index contributed by atoms with van der Waals surface area (Å²) < 4.78 is 5.44. The third-order valence-electron chi connectivity index (χ3n) is 6.62. The van der Waals surface area contributed by atoms with Crippen molar-refractivity contribution in [3.05, 3.63) is 64.5 Å². The number of benzene rings is 1. The predicted octanol–water partition coefficient (Wildman–Crippen LogP) is 2.89. The number of nitrogens with one attached hydrogen (secondary N) is 1. The molecular weight excluding hydrogens is 380 g/mol. The molecule has 7 heteroatoms. The number of ether oxygens (including phenoxy) is 1. The molecule has 0 unspecified atom stereocenters. The molecule has 0 bridgehead atoms. The minimum absolute atomic E-state index is 0.0261. The Morgan fingerprint density at radius 3 is 2.83 bits per heavy atom. The minimum atomic E-state index is -0.402. The summed E-state index contributed by atoms with van der Waals surface area (Å²) in [6.45, 7) is 3.13. The van der Waals surface area contributed by atoms with E-state index in [2.05, 4.69) is 16.4 Å². The largest absolute Gasteiger partial charge is 0.441 e. The minimum Gasteiger partial charge on any atom is -0.441 e. The van der Waals surface area contributed by atoms with E-state index >= 15 is 0 Å². The molecule has 30 heavy (non-hydrogen) atoms. The van der Waals surface area contributed by atoms with Crippen LogP contribution in [0, 0.1) is 24.2 Å². The highest BCUT2D eigenvalue weighted by Gasteiger charge is 2.52. The second-order valence-corrected chi connectivity index (χ2v) is 8.53. The van der Waals surface area contributed by atoms with E-state index in [1.54, 1.807) is 6.20 Å². The van der Waals surface area contributed by atoms with Crippen LogP contribution in [-0.4, -0.2) is 40.6 Å². The Labute approximate surface area is 174 Å². The topological polar surface area (TPSA) is 95.3 Å². The normalized spacial score (nSPS) is 26.7. The van der Waals surface area contributed by atoms with E-state index in [4.69, 9.17) is 4.74 Å². The summed E-state index contributed by atoms with van der Waals surface area (Å²) in [6, 6.07) is 11.7. The van der Waals surface area contributed by atoms with Crippen molar-refractivity contribution in [3.63, 3.8) is 0 Å². The van der Waals surface area contributed by atoms with E-state index in [1.165, 1.54) is 0 Å². The molecule has 7 nitrogen and oxygen atoms in total. The molecule has 2 aromatic rings. The van der Waals surface area contributed by atoms with E-state index in [0.29, 0.717) is 25.2 Å². The molecule has 1 aromatic carbocycles. The lowest BCUT2D eigenvalue weighted by Crippen LogP contribution is -2.51. The average molecular weight is 402 g/mol. The van der Waals surface area contributed by atoms with Crippen molar-refractivity contribution in [2.24, 2.45) is 5.92 Å². The van der Waals surface area contributed by atoms with E-state index in [9.17, 15) is 14.9 Å². The molecular formula is C23H22N4O3. The van der Waals surface area contributed by atoms with E-state index < -0.39 is 5.60 Å². The summed E-state index contributed by atoms with van der Waals surface area (Å²) >= 11 is 0. The van der Waals surface area contributed by atoms with Gasteiger partial charge in [0.25, 0.3) is 5.91 Å². The van der Waals surface area contributed by atoms with E-state index in [1.807, 2.05) is 42.2 Å².